The van der Waals surface area contributed by atoms with E-state index in [4.69, 9.17) is 4.74 Å². The summed E-state index contributed by atoms with van der Waals surface area (Å²) in [7, 11) is 0. The van der Waals surface area contributed by atoms with Crippen LogP contribution in [0.4, 0.5) is 4.79 Å². The summed E-state index contributed by atoms with van der Waals surface area (Å²) < 4.78 is 7.46. The quantitative estimate of drug-likeness (QED) is 0.923. The zero-order chi connectivity index (χ0) is 18.1. The molecule has 24 heavy (non-hydrogen) atoms. The molecule has 1 atom stereocenters. The molecular weight excluding hydrogens is 306 g/mol. The molecule has 1 aliphatic rings. The summed E-state index contributed by atoms with van der Waals surface area (Å²) in [5, 5.41) is 2.80. The van der Waals surface area contributed by atoms with Crippen LogP contribution in [0, 0.1) is 0 Å². The average molecular weight is 335 g/mol. The van der Waals surface area contributed by atoms with Gasteiger partial charge in [-0.25, -0.2) is 4.79 Å². The highest BCUT2D eigenvalue weighted by molar-refractivity contribution is 5.79. The van der Waals surface area contributed by atoms with Gasteiger partial charge < -0.3 is 19.5 Å². The maximum Gasteiger partial charge on any atom is 0.408 e. The summed E-state index contributed by atoms with van der Waals surface area (Å²) in [6, 6.07) is 4.10. The molecule has 0 fully saturated rings. The lowest BCUT2D eigenvalue weighted by Gasteiger charge is -2.37. The van der Waals surface area contributed by atoms with Crippen molar-refractivity contribution in [3.05, 3.63) is 24.0 Å². The molecule has 2 amide bonds. The first-order valence-electron chi connectivity index (χ1n) is 8.44. The molecule has 1 aromatic heterocycles. The van der Waals surface area contributed by atoms with Crippen molar-refractivity contribution in [3.63, 3.8) is 0 Å². The van der Waals surface area contributed by atoms with Gasteiger partial charge in [0.2, 0.25) is 5.91 Å². The molecule has 6 nitrogen and oxygen atoms in total. The third-order valence-corrected chi connectivity index (χ3v) is 4.09. The van der Waals surface area contributed by atoms with Gasteiger partial charge in [0.05, 0.1) is 6.04 Å². The molecule has 6 heteroatoms. The number of alkyl carbamates (subject to hydrolysis) is 1. The normalized spacial score (nSPS) is 18.1. The van der Waals surface area contributed by atoms with E-state index >= 15 is 0 Å². The van der Waals surface area contributed by atoms with Gasteiger partial charge in [0.1, 0.15) is 5.60 Å². The lowest BCUT2D eigenvalue weighted by atomic mass is 9.99. The smallest absolute Gasteiger partial charge is 0.408 e. The Bertz CT molecular complexity index is 613. The SMILES string of the molecule is C[C@@H]1c2cccn2CCN1C(=O)CC(C)(C)NC(=O)OC(C)(C)C. The standard InChI is InChI=1S/C18H29N3O3/c1-13-14-8-7-9-20(14)10-11-21(13)15(22)12-18(5,6)19-16(23)24-17(2,3)4/h7-9,13H,10-12H2,1-6H3,(H,19,23)/t13-/m1/s1. The van der Waals surface area contributed by atoms with E-state index in [9.17, 15) is 9.59 Å². The number of rotatable bonds is 3. The minimum Gasteiger partial charge on any atom is -0.444 e. The van der Waals surface area contributed by atoms with E-state index in [0.717, 1.165) is 12.2 Å². The lowest BCUT2D eigenvalue weighted by molar-refractivity contribution is -0.135. The summed E-state index contributed by atoms with van der Waals surface area (Å²) in [6.07, 6.45) is 1.78. The van der Waals surface area contributed by atoms with Crippen molar-refractivity contribution in [2.75, 3.05) is 6.54 Å². The van der Waals surface area contributed by atoms with Crippen molar-refractivity contribution in [2.24, 2.45) is 0 Å². The fraction of sp³-hybridized carbons (Fsp3) is 0.667. The fourth-order valence-corrected chi connectivity index (χ4v) is 3.02. The van der Waals surface area contributed by atoms with Gasteiger partial charge in [-0.1, -0.05) is 0 Å². The van der Waals surface area contributed by atoms with Crippen molar-refractivity contribution >= 4 is 12.0 Å². The Morgan fingerprint density at radius 1 is 1.25 bits per heavy atom. The van der Waals surface area contributed by atoms with E-state index < -0.39 is 17.2 Å². The van der Waals surface area contributed by atoms with E-state index in [1.165, 1.54) is 0 Å². The number of hydrogen-bond donors (Lipinski definition) is 1. The Morgan fingerprint density at radius 3 is 2.54 bits per heavy atom. The van der Waals surface area contributed by atoms with Crippen molar-refractivity contribution in [1.82, 2.24) is 14.8 Å². The van der Waals surface area contributed by atoms with Crippen LogP contribution in [0.1, 0.15) is 59.7 Å². The second-order valence-electron chi connectivity index (χ2n) is 8.08. The number of carbonyl (C=O) groups is 2. The van der Waals surface area contributed by atoms with E-state index in [1.807, 2.05) is 64.8 Å². The first-order chi connectivity index (χ1) is 11.0. The second-order valence-corrected chi connectivity index (χ2v) is 8.08. The van der Waals surface area contributed by atoms with Crippen LogP contribution in [-0.4, -0.2) is 39.2 Å². The number of amides is 2. The van der Waals surface area contributed by atoms with Crippen LogP contribution in [-0.2, 0) is 16.1 Å². The topological polar surface area (TPSA) is 63.6 Å². The third kappa shape index (κ3) is 4.52. The Hall–Kier alpha value is -1.98. The molecule has 0 bridgehead atoms. The summed E-state index contributed by atoms with van der Waals surface area (Å²) in [5.41, 5.74) is -0.0808. The highest BCUT2D eigenvalue weighted by Crippen LogP contribution is 2.27. The van der Waals surface area contributed by atoms with Crippen LogP contribution >= 0.6 is 0 Å². The first-order valence-corrected chi connectivity index (χ1v) is 8.44. The highest BCUT2D eigenvalue weighted by atomic mass is 16.6. The molecular formula is C18H29N3O3. The van der Waals surface area contributed by atoms with Gasteiger partial charge in [0.25, 0.3) is 0 Å². The second kappa shape index (κ2) is 6.49. The maximum absolute atomic E-state index is 12.7. The molecule has 0 aromatic carbocycles. The predicted molar refractivity (Wildman–Crippen MR) is 92.6 cm³/mol. The molecule has 0 aliphatic carbocycles. The van der Waals surface area contributed by atoms with E-state index in [-0.39, 0.29) is 18.4 Å². The van der Waals surface area contributed by atoms with E-state index in [0.29, 0.717) is 6.54 Å². The Morgan fingerprint density at radius 2 is 1.92 bits per heavy atom. The van der Waals surface area contributed by atoms with Gasteiger partial charge in [0, 0.05) is 36.9 Å². The van der Waals surface area contributed by atoms with Crippen LogP contribution in [0.25, 0.3) is 0 Å². The molecule has 0 radical (unpaired) electrons. The summed E-state index contributed by atoms with van der Waals surface area (Å²) >= 11 is 0. The average Bonchev–Trinajstić information content (AvgIpc) is 2.83. The summed E-state index contributed by atoms with van der Waals surface area (Å²) in [6.45, 7) is 12.7. The van der Waals surface area contributed by atoms with Crippen LogP contribution in [0.15, 0.2) is 18.3 Å². The predicted octanol–water partition coefficient (Wildman–Crippen LogP) is 3.08. The maximum atomic E-state index is 12.7. The Labute approximate surface area is 144 Å². The van der Waals surface area contributed by atoms with Crippen molar-refractivity contribution < 1.29 is 14.3 Å². The zero-order valence-corrected chi connectivity index (χ0v) is 15.5. The van der Waals surface area contributed by atoms with Gasteiger partial charge in [-0.3, -0.25) is 4.79 Å². The number of ether oxygens (including phenoxy) is 1. The number of hydrogen-bond acceptors (Lipinski definition) is 3. The van der Waals surface area contributed by atoms with Crippen molar-refractivity contribution in [1.29, 1.82) is 0 Å². The van der Waals surface area contributed by atoms with Gasteiger partial charge in [0.15, 0.2) is 0 Å². The highest BCUT2D eigenvalue weighted by Gasteiger charge is 2.33. The third-order valence-electron chi connectivity index (χ3n) is 4.09. The number of nitrogens with one attached hydrogen (secondary N) is 1. The van der Waals surface area contributed by atoms with Gasteiger partial charge in [-0.05, 0) is 53.7 Å². The number of fused-ring (bicyclic) bond motifs is 1. The molecule has 2 heterocycles. The van der Waals surface area contributed by atoms with Gasteiger partial charge >= 0.3 is 6.09 Å². The fourth-order valence-electron chi connectivity index (χ4n) is 3.02. The first kappa shape index (κ1) is 18.4. The number of nitrogens with zero attached hydrogens (tertiary/aromatic N) is 2. The number of carbonyl (C=O) groups excluding carboxylic acids is 2. The largest absolute Gasteiger partial charge is 0.444 e. The molecule has 0 unspecified atom stereocenters. The summed E-state index contributed by atoms with van der Waals surface area (Å²) in [5.74, 6) is 0.0380. The van der Waals surface area contributed by atoms with E-state index in [1.54, 1.807) is 0 Å². The van der Waals surface area contributed by atoms with E-state index in [2.05, 4.69) is 9.88 Å². The molecule has 134 valence electrons. The molecule has 0 saturated heterocycles. The lowest BCUT2D eigenvalue weighted by Crippen LogP contribution is -2.50. The molecule has 1 N–H and O–H groups in total. The minimum absolute atomic E-state index is 0.0380. The number of aromatic nitrogens is 1. The molecule has 1 aliphatic heterocycles. The zero-order valence-electron chi connectivity index (χ0n) is 15.5. The Balaban J connectivity index is 1.97. The van der Waals surface area contributed by atoms with Crippen molar-refractivity contribution in [2.45, 2.75) is 71.7 Å². The van der Waals surface area contributed by atoms with Crippen LogP contribution in [0.5, 0.6) is 0 Å². The summed E-state index contributed by atoms with van der Waals surface area (Å²) in [4.78, 5) is 26.6. The minimum atomic E-state index is -0.668. The van der Waals surface area contributed by atoms with Crippen LogP contribution in [0.3, 0.4) is 0 Å². The molecule has 0 spiro atoms. The molecule has 1 aromatic rings. The van der Waals surface area contributed by atoms with Crippen LogP contribution in [0.2, 0.25) is 0 Å². The molecule has 2 rings (SSSR count). The Kier molecular flexibility index (Phi) is 4.97. The van der Waals surface area contributed by atoms with Gasteiger partial charge in [-0.15, -0.1) is 0 Å². The monoisotopic (exact) mass is 335 g/mol. The molecule has 0 saturated carbocycles. The van der Waals surface area contributed by atoms with Crippen molar-refractivity contribution in [3.8, 4) is 0 Å². The van der Waals surface area contributed by atoms with Crippen LogP contribution < -0.4 is 5.32 Å². The van der Waals surface area contributed by atoms with Gasteiger partial charge in [-0.2, -0.15) is 0 Å².